The first-order valence-corrected chi connectivity index (χ1v) is 12.0. The van der Waals surface area contributed by atoms with E-state index in [0.29, 0.717) is 11.7 Å². The van der Waals surface area contributed by atoms with E-state index in [9.17, 15) is 4.79 Å². The predicted octanol–water partition coefficient (Wildman–Crippen LogP) is 5.65. The maximum atomic E-state index is 12.7. The lowest BCUT2D eigenvalue weighted by atomic mass is 10.0. The van der Waals surface area contributed by atoms with E-state index in [4.69, 9.17) is 16.6 Å². The molecule has 35 heavy (non-hydrogen) atoms. The Balaban J connectivity index is 1.38. The number of furan rings is 1. The molecule has 2 aromatic heterocycles. The molecule has 4 aromatic rings. The predicted molar refractivity (Wildman–Crippen MR) is 141 cm³/mol. The number of hydrogen-bond acceptors (Lipinski definition) is 4. The molecule has 6 nitrogen and oxygen atoms in total. The van der Waals surface area contributed by atoms with Crippen molar-refractivity contribution in [1.29, 1.82) is 0 Å². The number of carbonyl (C=O) groups excluding carboxylic acids is 1. The van der Waals surface area contributed by atoms with Crippen LogP contribution in [0.15, 0.2) is 95.5 Å². The van der Waals surface area contributed by atoms with E-state index in [0.717, 1.165) is 34.0 Å². The maximum absolute atomic E-state index is 12.7. The Morgan fingerprint density at radius 1 is 1.03 bits per heavy atom. The van der Waals surface area contributed by atoms with Gasteiger partial charge in [-0.05, 0) is 55.5 Å². The van der Waals surface area contributed by atoms with Gasteiger partial charge in [0.15, 0.2) is 5.11 Å². The lowest BCUT2D eigenvalue weighted by molar-refractivity contribution is -0.116. The summed E-state index contributed by atoms with van der Waals surface area (Å²) in [5, 5.41) is 6.94. The Kier molecular flexibility index (Phi) is 6.59. The van der Waals surface area contributed by atoms with Gasteiger partial charge in [0.25, 0.3) is 0 Å². The zero-order valence-corrected chi connectivity index (χ0v) is 20.2. The number of nitrogens with zero attached hydrogens (tertiary/aromatic N) is 2. The summed E-state index contributed by atoms with van der Waals surface area (Å²) in [5.74, 6) is 1.49. The standard InChI is InChI=1S/C28H26N4O2S/c1-19-10-12-21(13-11-19)30-25(33)16-18-32-27(26(31-28(32)35)22-9-5-6-17-29-22)24-15-14-23(34-24)20-7-3-2-4-8-20/h2-15,17,26-27H,16,18H2,1H3,(H,30,33)(H,31,35)/t26-,27-/m1/s1. The molecule has 0 unspecified atom stereocenters. The summed E-state index contributed by atoms with van der Waals surface area (Å²) >= 11 is 5.70. The highest BCUT2D eigenvalue weighted by molar-refractivity contribution is 7.80. The number of pyridine rings is 1. The van der Waals surface area contributed by atoms with Crippen LogP contribution in [0, 0.1) is 6.92 Å². The van der Waals surface area contributed by atoms with E-state index >= 15 is 0 Å². The molecule has 2 aromatic carbocycles. The normalized spacial score (nSPS) is 17.3. The molecule has 176 valence electrons. The molecule has 5 rings (SSSR count). The second-order valence-corrected chi connectivity index (χ2v) is 8.94. The minimum Gasteiger partial charge on any atom is -0.459 e. The van der Waals surface area contributed by atoms with Crippen LogP contribution in [0.2, 0.25) is 0 Å². The van der Waals surface area contributed by atoms with Crippen molar-refractivity contribution in [3.8, 4) is 11.3 Å². The number of aryl methyl sites for hydroxylation is 1. The smallest absolute Gasteiger partial charge is 0.226 e. The molecule has 1 aliphatic heterocycles. The molecule has 0 aliphatic carbocycles. The molecule has 1 fully saturated rings. The van der Waals surface area contributed by atoms with Gasteiger partial charge < -0.3 is 20.0 Å². The fourth-order valence-electron chi connectivity index (χ4n) is 4.31. The first kappa shape index (κ1) is 22.8. The molecule has 0 bridgehead atoms. The highest BCUT2D eigenvalue weighted by Gasteiger charge is 2.41. The third-order valence-electron chi connectivity index (χ3n) is 6.09. The number of rotatable bonds is 7. The molecular weight excluding hydrogens is 456 g/mol. The van der Waals surface area contributed by atoms with Gasteiger partial charge in [-0.3, -0.25) is 9.78 Å². The molecule has 2 atom stereocenters. The largest absolute Gasteiger partial charge is 0.459 e. The third-order valence-corrected chi connectivity index (χ3v) is 6.44. The molecule has 3 heterocycles. The third kappa shape index (κ3) is 5.10. The maximum Gasteiger partial charge on any atom is 0.226 e. The summed E-state index contributed by atoms with van der Waals surface area (Å²) in [7, 11) is 0. The van der Waals surface area contributed by atoms with Crippen molar-refractivity contribution in [2.75, 3.05) is 11.9 Å². The number of anilines is 1. The summed E-state index contributed by atoms with van der Waals surface area (Å²) in [5.41, 5.74) is 3.80. The van der Waals surface area contributed by atoms with Crippen LogP contribution in [0.5, 0.6) is 0 Å². The summed E-state index contributed by atoms with van der Waals surface area (Å²) in [6.45, 7) is 2.46. The number of benzene rings is 2. The SMILES string of the molecule is Cc1ccc(NC(=O)CCN2C(=S)N[C@H](c3ccccn3)[C@H]2c2ccc(-c3ccccc3)o2)cc1. The van der Waals surface area contributed by atoms with Crippen LogP contribution in [-0.2, 0) is 4.79 Å². The molecule has 1 amide bonds. The van der Waals surface area contributed by atoms with Crippen LogP contribution in [-0.4, -0.2) is 27.4 Å². The summed E-state index contributed by atoms with van der Waals surface area (Å²) < 4.78 is 6.33. The van der Waals surface area contributed by atoms with Crippen molar-refractivity contribution >= 4 is 28.9 Å². The van der Waals surface area contributed by atoms with Crippen LogP contribution < -0.4 is 10.6 Å². The molecule has 0 radical (unpaired) electrons. The Hall–Kier alpha value is -3.97. The summed E-state index contributed by atoms with van der Waals surface area (Å²) in [4.78, 5) is 19.3. The molecule has 7 heteroatoms. The average molecular weight is 483 g/mol. The van der Waals surface area contributed by atoms with Gasteiger partial charge in [-0.15, -0.1) is 0 Å². The molecule has 0 saturated carbocycles. The highest BCUT2D eigenvalue weighted by Crippen LogP contribution is 2.40. The number of thiocarbonyl (C=S) groups is 1. The van der Waals surface area contributed by atoms with Crippen LogP contribution in [0.3, 0.4) is 0 Å². The minimum atomic E-state index is -0.234. The van der Waals surface area contributed by atoms with Gasteiger partial charge in [-0.25, -0.2) is 0 Å². The first-order valence-electron chi connectivity index (χ1n) is 11.6. The Morgan fingerprint density at radius 3 is 2.54 bits per heavy atom. The molecule has 0 spiro atoms. The number of amides is 1. The van der Waals surface area contributed by atoms with Crippen LogP contribution in [0.25, 0.3) is 11.3 Å². The van der Waals surface area contributed by atoms with Gasteiger partial charge in [0.05, 0.1) is 11.7 Å². The Bertz CT molecular complexity index is 1310. The van der Waals surface area contributed by atoms with Gasteiger partial charge >= 0.3 is 0 Å². The van der Waals surface area contributed by atoms with Crippen molar-refractivity contribution in [2.45, 2.75) is 25.4 Å². The molecule has 1 aliphatic rings. The summed E-state index contributed by atoms with van der Waals surface area (Å²) in [6, 6.07) is 27.1. The Labute approximate surface area is 210 Å². The van der Waals surface area contributed by atoms with Crippen molar-refractivity contribution in [2.24, 2.45) is 0 Å². The summed E-state index contributed by atoms with van der Waals surface area (Å²) in [6.07, 6.45) is 2.06. The molecule has 2 N–H and O–H groups in total. The lowest BCUT2D eigenvalue weighted by Gasteiger charge is -2.25. The van der Waals surface area contributed by atoms with Crippen LogP contribution in [0.1, 0.15) is 35.5 Å². The monoisotopic (exact) mass is 482 g/mol. The zero-order valence-electron chi connectivity index (χ0n) is 19.3. The van der Waals surface area contributed by atoms with Crippen molar-refractivity contribution < 1.29 is 9.21 Å². The second-order valence-electron chi connectivity index (χ2n) is 8.55. The Morgan fingerprint density at radius 2 is 1.80 bits per heavy atom. The number of carbonyl (C=O) groups is 1. The first-order chi connectivity index (χ1) is 17.1. The van der Waals surface area contributed by atoms with E-state index in [1.807, 2.05) is 96.8 Å². The number of hydrogen-bond donors (Lipinski definition) is 2. The van der Waals surface area contributed by atoms with E-state index in [1.54, 1.807) is 6.20 Å². The topological polar surface area (TPSA) is 70.4 Å². The van der Waals surface area contributed by atoms with Gasteiger partial charge in [0.1, 0.15) is 17.6 Å². The van der Waals surface area contributed by atoms with E-state index < -0.39 is 0 Å². The quantitative estimate of drug-likeness (QED) is 0.332. The van der Waals surface area contributed by atoms with Gasteiger partial charge in [0.2, 0.25) is 5.91 Å². The van der Waals surface area contributed by atoms with Crippen molar-refractivity contribution in [1.82, 2.24) is 15.2 Å². The number of aromatic nitrogens is 1. The highest BCUT2D eigenvalue weighted by atomic mass is 32.1. The molecule has 1 saturated heterocycles. The lowest BCUT2D eigenvalue weighted by Crippen LogP contribution is -2.32. The van der Waals surface area contributed by atoms with E-state index in [2.05, 4.69) is 15.6 Å². The van der Waals surface area contributed by atoms with Crippen molar-refractivity contribution in [3.63, 3.8) is 0 Å². The van der Waals surface area contributed by atoms with Crippen LogP contribution in [0.4, 0.5) is 5.69 Å². The van der Waals surface area contributed by atoms with Gasteiger partial charge in [-0.1, -0.05) is 54.1 Å². The fraction of sp³-hybridized carbons (Fsp3) is 0.179. The van der Waals surface area contributed by atoms with Crippen molar-refractivity contribution in [3.05, 3.63) is 108 Å². The second kappa shape index (κ2) is 10.1. The van der Waals surface area contributed by atoms with E-state index in [1.165, 1.54) is 0 Å². The minimum absolute atomic E-state index is 0.0684. The van der Waals surface area contributed by atoms with Crippen LogP contribution >= 0.6 is 12.2 Å². The fourth-order valence-corrected chi connectivity index (χ4v) is 4.64. The van der Waals surface area contributed by atoms with E-state index in [-0.39, 0.29) is 24.4 Å². The number of nitrogens with one attached hydrogen (secondary N) is 2. The zero-order chi connectivity index (χ0) is 24.2. The van der Waals surface area contributed by atoms with Gasteiger partial charge in [-0.2, -0.15) is 0 Å². The average Bonchev–Trinajstić information content (AvgIpc) is 3.50. The molecular formula is C28H26N4O2S. The van der Waals surface area contributed by atoms with Gasteiger partial charge in [0, 0.05) is 30.4 Å².